The van der Waals surface area contributed by atoms with Gasteiger partial charge in [-0.3, -0.25) is 9.20 Å². The van der Waals surface area contributed by atoms with Gasteiger partial charge in [0.15, 0.2) is 5.96 Å². The van der Waals surface area contributed by atoms with Crippen molar-refractivity contribution in [3.05, 3.63) is 0 Å². The molecule has 0 amide bonds. The third-order valence-corrected chi connectivity index (χ3v) is 5.59. The van der Waals surface area contributed by atoms with Crippen molar-refractivity contribution in [1.82, 2.24) is 10.6 Å². The van der Waals surface area contributed by atoms with E-state index in [1.807, 2.05) is 27.7 Å². The highest BCUT2D eigenvalue weighted by Crippen LogP contribution is 2.12. The van der Waals surface area contributed by atoms with Crippen LogP contribution in [0, 0.1) is 0 Å². The fraction of sp³-hybridized carbons (Fsp3) is 0.941. The molecule has 2 N–H and O–H groups in total. The van der Waals surface area contributed by atoms with E-state index >= 15 is 0 Å². The van der Waals surface area contributed by atoms with Crippen molar-refractivity contribution in [1.29, 1.82) is 0 Å². The topological polar surface area (TPSA) is 72.0 Å². The SMILES string of the molecule is CCNC(=NCCCOCC1CCCO1)NCCS(=O)C(C)(C)C.I. The summed E-state index contributed by atoms with van der Waals surface area (Å²) in [7, 11) is -0.846. The van der Waals surface area contributed by atoms with Gasteiger partial charge >= 0.3 is 0 Å². The van der Waals surface area contributed by atoms with Crippen molar-refractivity contribution in [2.45, 2.75) is 57.8 Å². The molecule has 25 heavy (non-hydrogen) atoms. The zero-order chi connectivity index (χ0) is 17.8. The summed E-state index contributed by atoms with van der Waals surface area (Å²) in [5.41, 5.74) is 0. The minimum absolute atomic E-state index is 0. The highest BCUT2D eigenvalue weighted by atomic mass is 127. The lowest BCUT2D eigenvalue weighted by molar-refractivity contribution is 0.0171. The Balaban J connectivity index is 0.00000576. The zero-order valence-electron chi connectivity index (χ0n) is 16.1. The molecular formula is C17H36IN3O3S. The first-order chi connectivity index (χ1) is 11.4. The van der Waals surface area contributed by atoms with Crippen LogP contribution >= 0.6 is 24.0 Å². The van der Waals surface area contributed by atoms with Crippen molar-refractivity contribution in [2.24, 2.45) is 4.99 Å². The van der Waals surface area contributed by atoms with Crippen LogP contribution in [0.25, 0.3) is 0 Å². The fourth-order valence-corrected chi connectivity index (χ4v) is 3.16. The molecule has 0 aliphatic carbocycles. The molecule has 1 fully saturated rings. The smallest absolute Gasteiger partial charge is 0.191 e. The lowest BCUT2D eigenvalue weighted by atomic mass is 10.2. The summed E-state index contributed by atoms with van der Waals surface area (Å²) >= 11 is 0. The van der Waals surface area contributed by atoms with E-state index in [9.17, 15) is 4.21 Å². The van der Waals surface area contributed by atoms with E-state index in [0.29, 0.717) is 32.1 Å². The normalized spacial score (nSPS) is 19.4. The molecule has 0 aromatic heterocycles. The molecular weight excluding hydrogens is 453 g/mol. The average molecular weight is 489 g/mol. The third kappa shape index (κ3) is 12.1. The summed E-state index contributed by atoms with van der Waals surface area (Å²) in [4.78, 5) is 4.53. The number of nitrogens with one attached hydrogen (secondary N) is 2. The third-order valence-electron chi connectivity index (χ3n) is 3.65. The summed E-state index contributed by atoms with van der Waals surface area (Å²) in [6.07, 6.45) is 3.44. The molecule has 6 nitrogen and oxygen atoms in total. The first-order valence-corrected chi connectivity index (χ1v) is 10.4. The van der Waals surface area contributed by atoms with E-state index in [4.69, 9.17) is 9.47 Å². The first kappa shape index (κ1) is 25.1. The standard InChI is InChI=1S/C17H35N3O3S.HI/c1-5-18-16(20-10-13-24(21)17(2,3)4)19-9-7-11-22-14-15-8-6-12-23-15;/h15H,5-14H2,1-4H3,(H2,18,19,20);1H. The number of guanidine groups is 1. The number of hydrogen-bond donors (Lipinski definition) is 2. The number of nitrogens with zero attached hydrogens (tertiary/aromatic N) is 1. The Bertz CT molecular complexity index is 397. The summed E-state index contributed by atoms with van der Waals surface area (Å²) in [6.45, 7) is 12.5. The maximum Gasteiger partial charge on any atom is 0.191 e. The lowest BCUT2D eigenvalue weighted by Gasteiger charge is -2.18. The molecule has 2 atom stereocenters. The van der Waals surface area contributed by atoms with Gasteiger partial charge in [0.05, 0.1) is 12.7 Å². The van der Waals surface area contributed by atoms with Crippen molar-refractivity contribution < 1.29 is 13.7 Å². The van der Waals surface area contributed by atoms with Gasteiger partial charge in [-0.25, -0.2) is 0 Å². The Morgan fingerprint density at radius 1 is 1.36 bits per heavy atom. The Hall–Kier alpha value is 0.0700. The highest BCUT2D eigenvalue weighted by Gasteiger charge is 2.18. The van der Waals surface area contributed by atoms with Gasteiger partial charge in [0.25, 0.3) is 0 Å². The molecule has 150 valence electrons. The van der Waals surface area contributed by atoms with Gasteiger partial charge in [0, 0.05) is 54.1 Å². The predicted molar refractivity (Wildman–Crippen MR) is 117 cm³/mol. The number of hydrogen-bond acceptors (Lipinski definition) is 4. The molecule has 0 spiro atoms. The molecule has 0 aromatic rings. The van der Waals surface area contributed by atoms with Crippen LogP contribution in [0.2, 0.25) is 0 Å². The average Bonchev–Trinajstić information content (AvgIpc) is 3.02. The predicted octanol–water partition coefficient (Wildman–Crippen LogP) is 2.29. The minimum atomic E-state index is -0.846. The van der Waals surface area contributed by atoms with Gasteiger partial charge in [-0.1, -0.05) is 0 Å². The highest BCUT2D eigenvalue weighted by molar-refractivity contribution is 14.0. The second-order valence-electron chi connectivity index (χ2n) is 6.91. The van der Waals surface area contributed by atoms with E-state index < -0.39 is 10.8 Å². The quantitative estimate of drug-likeness (QED) is 0.213. The molecule has 8 heteroatoms. The Kier molecular flexibility index (Phi) is 14.2. The molecule has 1 heterocycles. The molecule has 0 saturated carbocycles. The maximum absolute atomic E-state index is 12.0. The van der Waals surface area contributed by atoms with Crippen LogP contribution < -0.4 is 10.6 Å². The summed E-state index contributed by atoms with van der Waals surface area (Å²) in [5.74, 6) is 1.40. The van der Waals surface area contributed by atoms with Crippen LogP contribution in [0.1, 0.15) is 47.0 Å². The Labute approximate surface area is 172 Å². The van der Waals surface area contributed by atoms with Crippen LogP contribution in [0.15, 0.2) is 4.99 Å². The minimum Gasteiger partial charge on any atom is -0.379 e. The van der Waals surface area contributed by atoms with Crippen LogP contribution in [0.3, 0.4) is 0 Å². The largest absolute Gasteiger partial charge is 0.379 e. The Morgan fingerprint density at radius 3 is 2.72 bits per heavy atom. The van der Waals surface area contributed by atoms with Crippen molar-refractivity contribution in [2.75, 3.05) is 45.2 Å². The molecule has 1 saturated heterocycles. The summed E-state index contributed by atoms with van der Waals surface area (Å²) < 4.78 is 23.0. The van der Waals surface area contributed by atoms with E-state index in [0.717, 1.165) is 38.4 Å². The molecule has 0 bridgehead atoms. The molecule has 1 aliphatic rings. The van der Waals surface area contributed by atoms with Gasteiger partial charge in [-0.05, 0) is 47.0 Å². The van der Waals surface area contributed by atoms with Gasteiger partial charge in [-0.2, -0.15) is 0 Å². The lowest BCUT2D eigenvalue weighted by Crippen LogP contribution is -2.40. The summed E-state index contributed by atoms with van der Waals surface area (Å²) in [5, 5.41) is 6.45. The molecule has 0 aromatic carbocycles. The number of halogens is 1. The van der Waals surface area contributed by atoms with E-state index in [-0.39, 0.29) is 34.8 Å². The van der Waals surface area contributed by atoms with E-state index in [1.54, 1.807) is 0 Å². The van der Waals surface area contributed by atoms with Gasteiger partial charge in [0.2, 0.25) is 0 Å². The van der Waals surface area contributed by atoms with Crippen molar-refractivity contribution in [3.8, 4) is 0 Å². The second-order valence-corrected chi connectivity index (χ2v) is 9.24. The van der Waals surface area contributed by atoms with Crippen molar-refractivity contribution >= 4 is 40.7 Å². The number of rotatable bonds is 10. The van der Waals surface area contributed by atoms with Crippen molar-refractivity contribution in [3.63, 3.8) is 0 Å². The molecule has 1 aliphatic heterocycles. The van der Waals surface area contributed by atoms with Gasteiger partial charge < -0.3 is 20.1 Å². The second kappa shape index (κ2) is 14.2. The zero-order valence-corrected chi connectivity index (χ0v) is 19.3. The molecule has 2 unspecified atom stereocenters. The molecule has 1 rings (SSSR count). The van der Waals surface area contributed by atoms with Crippen LogP contribution in [0.5, 0.6) is 0 Å². The number of aliphatic imine (C=N–C) groups is 1. The summed E-state index contributed by atoms with van der Waals surface area (Å²) in [6, 6.07) is 0. The maximum atomic E-state index is 12.0. The van der Waals surface area contributed by atoms with Gasteiger partial charge in [-0.15, -0.1) is 24.0 Å². The first-order valence-electron chi connectivity index (χ1n) is 9.03. The fourth-order valence-electron chi connectivity index (χ4n) is 2.26. The van der Waals surface area contributed by atoms with Crippen LogP contribution in [-0.4, -0.2) is 66.2 Å². The van der Waals surface area contributed by atoms with Gasteiger partial charge in [0.1, 0.15) is 0 Å². The van der Waals surface area contributed by atoms with E-state index in [1.165, 1.54) is 0 Å². The van der Waals surface area contributed by atoms with E-state index in [2.05, 4.69) is 15.6 Å². The molecule has 0 radical (unpaired) electrons. The van der Waals surface area contributed by atoms with Crippen LogP contribution in [0.4, 0.5) is 0 Å². The van der Waals surface area contributed by atoms with Crippen LogP contribution in [-0.2, 0) is 20.3 Å². The number of ether oxygens (including phenoxy) is 2. The monoisotopic (exact) mass is 489 g/mol. The Morgan fingerprint density at radius 2 is 2.12 bits per heavy atom.